The predicted octanol–water partition coefficient (Wildman–Crippen LogP) is -0.674. The van der Waals surface area contributed by atoms with Crippen LogP contribution in [0.2, 0.25) is 0 Å². The third-order valence-corrected chi connectivity index (χ3v) is 2.02. The molecular formula is C10H23NO4. The number of aliphatic hydroxyl groups excluding tert-OH is 2. The molecule has 0 heterocycles. The molecule has 0 aromatic rings. The SMILES string of the molecule is COCCCOCCN(CCO)CCO. The Morgan fingerprint density at radius 1 is 0.933 bits per heavy atom. The molecular weight excluding hydrogens is 198 g/mol. The molecule has 0 aromatic carbocycles. The number of rotatable bonds is 11. The van der Waals surface area contributed by atoms with Gasteiger partial charge in [0.05, 0.1) is 19.8 Å². The maximum absolute atomic E-state index is 8.76. The monoisotopic (exact) mass is 221 g/mol. The summed E-state index contributed by atoms with van der Waals surface area (Å²) in [5.41, 5.74) is 0. The highest BCUT2D eigenvalue weighted by Gasteiger charge is 2.02. The Morgan fingerprint density at radius 2 is 1.60 bits per heavy atom. The minimum absolute atomic E-state index is 0.115. The van der Waals surface area contributed by atoms with Gasteiger partial charge in [-0.15, -0.1) is 0 Å². The van der Waals surface area contributed by atoms with Crippen molar-refractivity contribution in [2.24, 2.45) is 0 Å². The molecule has 0 unspecified atom stereocenters. The summed E-state index contributed by atoms with van der Waals surface area (Å²) < 4.78 is 10.3. The van der Waals surface area contributed by atoms with Crippen LogP contribution >= 0.6 is 0 Å². The van der Waals surface area contributed by atoms with Gasteiger partial charge in [0.1, 0.15) is 0 Å². The zero-order valence-electron chi connectivity index (χ0n) is 9.52. The maximum Gasteiger partial charge on any atom is 0.0593 e. The van der Waals surface area contributed by atoms with E-state index in [2.05, 4.69) is 0 Å². The van der Waals surface area contributed by atoms with Crippen LogP contribution in [0.5, 0.6) is 0 Å². The molecule has 92 valence electrons. The Bertz CT molecular complexity index is 118. The van der Waals surface area contributed by atoms with Crippen LogP contribution in [0.15, 0.2) is 0 Å². The average molecular weight is 221 g/mol. The van der Waals surface area contributed by atoms with Gasteiger partial charge in [0, 0.05) is 40.0 Å². The van der Waals surface area contributed by atoms with Crippen LogP contribution in [0, 0.1) is 0 Å². The molecule has 15 heavy (non-hydrogen) atoms. The van der Waals surface area contributed by atoms with Crippen LogP contribution in [0.3, 0.4) is 0 Å². The molecule has 0 aliphatic heterocycles. The van der Waals surface area contributed by atoms with Crippen molar-refractivity contribution in [1.29, 1.82) is 0 Å². The van der Waals surface area contributed by atoms with Crippen LogP contribution in [-0.2, 0) is 9.47 Å². The first-order chi connectivity index (χ1) is 7.35. The lowest BCUT2D eigenvalue weighted by Gasteiger charge is -2.19. The lowest BCUT2D eigenvalue weighted by molar-refractivity contribution is 0.0734. The molecule has 5 heteroatoms. The summed E-state index contributed by atoms with van der Waals surface area (Å²) in [6.07, 6.45) is 0.899. The van der Waals surface area contributed by atoms with E-state index in [1.807, 2.05) is 4.90 Å². The fraction of sp³-hybridized carbons (Fsp3) is 1.00. The smallest absolute Gasteiger partial charge is 0.0593 e. The van der Waals surface area contributed by atoms with E-state index in [-0.39, 0.29) is 13.2 Å². The molecule has 0 saturated carbocycles. The fourth-order valence-electron chi connectivity index (χ4n) is 1.22. The van der Waals surface area contributed by atoms with E-state index in [1.54, 1.807) is 7.11 Å². The number of nitrogens with zero attached hydrogens (tertiary/aromatic N) is 1. The van der Waals surface area contributed by atoms with Gasteiger partial charge in [-0.25, -0.2) is 0 Å². The molecule has 0 saturated heterocycles. The fourth-order valence-corrected chi connectivity index (χ4v) is 1.22. The molecule has 0 fully saturated rings. The molecule has 0 aliphatic rings. The Labute approximate surface area is 91.6 Å². The molecule has 2 N–H and O–H groups in total. The summed E-state index contributed by atoms with van der Waals surface area (Å²) >= 11 is 0. The second-order valence-corrected chi connectivity index (χ2v) is 3.25. The zero-order chi connectivity index (χ0) is 11.4. The van der Waals surface area contributed by atoms with E-state index >= 15 is 0 Å². The maximum atomic E-state index is 8.76. The summed E-state index contributed by atoms with van der Waals surface area (Å²) in [6.45, 7) is 4.19. The van der Waals surface area contributed by atoms with Crippen LogP contribution < -0.4 is 0 Å². The Hall–Kier alpha value is -0.200. The van der Waals surface area contributed by atoms with E-state index in [4.69, 9.17) is 19.7 Å². The van der Waals surface area contributed by atoms with E-state index in [1.165, 1.54) is 0 Å². The molecule has 0 spiro atoms. The molecule has 0 aliphatic carbocycles. The third-order valence-electron chi connectivity index (χ3n) is 2.02. The number of ether oxygens (including phenoxy) is 2. The van der Waals surface area contributed by atoms with Crippen molar-refractivity contribution >= 4 is 0 Å². The topological polar surface area (TPSA) is 62.2 Å². The lowest BCUT2D eigenvalue weighted by atomic mass is 10.4. The molecule has 0 atom stereocenters. The second-order valence-electron chi connectivity index (χ2n) is 3.25. The molecule has 0 rings (SSSR count). The van der Waals surface area contributed by atoms with Crippen LogP contribution in [0.25, 0.3) is 0 Å². The van der Waals surface area contributed by atoms with Crippen molar-refractivity contribution in [1.82, 2.24) is 4.90 Å². The minimum atomic E-state index is 0.115. The van der Waals surface area contributed by atoms with Crippen LogP contribution in [-0.4, -0.2) is 74.9 Å². The third kappa shape index (κ3) is 10.1. The van der Waals surface area contributed by atoms with Gasteiger partial charge in [-0.05, 0) is 6.42 Å². The quantitative estimate of drug-likeness (QED) is 0.453. The molecule has 5 nitrogen and oxygen atoms in total. The van der Waals surface area contributed by atoms with Gasteiger partial charge in [0.15, 0.2) is 0 Å². The molecule has 0 bridgehead atoms. The van der Waals surface area contributed by atoms with Crippen molar-refractivity contribution in [3.8, 4) is 0 Å². The summed E-state index contributed by atoms with van der Waals surface area (Å²) in [6, 6.07) is 0. The summed E-state index contributed by atoms with van der Waals surface area (Å²) in [5, 5.41) is 17.5. The highest BCUT2D eigenvalue weighted by Crippen LogP contribution is 1.89. The van der Waals surface area contributed by atoms with Crippen molar-refractivity contribution in [2.75, 3.05) is 59.8 Å². The Morgan fingerprint density at radius 3 is 2.13 bits per heavy atom. The summed E-state index contributed by atoms with van der Waals surface area (Å²) in [4.78, 5) is 1.97. The van der Waals surface area contributed by atoms with Gasteiger partial charge in [0.2, 0.25) is 0 Å². The van der Waals surface area contributed by atoms with E-state index in [0.29, 0.717) is 26.3 Å². The van der Waals surface area contributed by atoms with Crippen molar-refractivity contribution in [3.63, 3.8) is 0 Å². The van der Waals surface area contributed by atoms with Crippen molar-refractivity contribution in [3.05, 3.63) is 0 Å². The standard InChI is InChI=1S/C10H23NO4/c1-14-8-2-9-15-10-5-11(3-6-12)4-7-13/h12-13H,2-10H2,1H3. The first kappa shape index (κ1) is 14.8. The van der Waals surface area contributed by atoms with Gasteiger partial charge in [-0.2, -0.15) is 0 Å². The van der Waals surface area contributed by atoms with Gasteiger partial charge in [-0.1, -0.05) is 0 Å². The highest BCUT2D eigenvalue weighted by molar-refractivity contribution is 4.55. The van der Waals surface area contributed by atoms with Crippen LogP contribution in [0.4, 0.5) is 0 Å². The number of hydrogen-bond acceptors (Lipinski definition) is 5. The number of aliphatic hydroxyl groups is 2. The molecule has 0 amide bonds. The lowest BCUT2D eigenvalue weighted by Crippen LogP contribution is -2.33. The van der Waals surface area contributed by atoms with Crippen LogP contribution in [0.1, 0.15) is 6.42 Å². The summed E-state index contributed by atoms with van der Waals surface area (Å²) in [5.74, 6) is 0. The number of hydrogen-bond donors (Lipinski definition) is 2. The predicted molar refractivity (Wildman–Crippen MR) is 57.9 cm³/mol. The normalized spacial score (nSPS) is 11.2. The van der Waals surface area contributed by atoms with Gasteiger partial charge in [0.25, 0.3) is 0 Å². The second kappa shape index (κ2) is 11.9. The minimum Gasteiger partial charge on any atom is -0.395 e. The van der Waals surface area contributed by atoms with Gasteiger partial charge < -0.3 is 19.7 Å². The van der Waals surface area contributed by atoms with E-state index in [0.717, 1.165) is 19.6 Å². The molecule has 0 radical (unpaired) electrons. The first-order valence-electron chi connectivity index (χ1n) is 5.36. The zero-order valence-corrected chi connectivity index (χ0v) is 9.52. The first-order valence-corrected chi connectivity index (χ1v) is 5.36. The Kier molecular flexibility index (Phi) is 11.7. The highest BCUT2D eigenvalue weighted by atomic mass is 16.5. The van der Waals surface area contributed by atoms with Gasteiger partial charge in [-0.3, -0.25) is 4.90 Å². The average Bonchev–Trinajstić information content (AvgIpc) is 2.24. The van der Waals surface area contributed by atoms with E-state index < -0.39 is 0 Å². The Balaban J connectivity index is 3.28. The van der Waals surface area contributed by atoms with Gasteiger partial charge >= 0.3 is 0 Å². The van der Waals surface area contributed by atoms with E-state index in [9.17, 15) is 0 Å². The summed E-state index contributed by atoms with van der Waals surface area (Å²) in [7, 11) is 1.67. The largest absolute Gasteiger partial charge is 0.395 e. The number of methoxy groups -OCH3 is 1. The van der Waals surface area contributed by atoms with Crippen molar-refractivity contribution < 1.29 is 19.7 Å². The van der Waals surface area contributed by atoms with Crippen molar-refractivity contribution in [2.45, 2.75) is 6.42 Å². The molecule has 0 aromatic heterocycles.